The van der Waals surface area contributed by atoms with Gasteiger partial charge in [-0.15, -0.1) is 0 Å². The van der Waals surface area contributed by atoms with Crippen LogP contribution in [-0.4, -0.2) is 12.7 Å². The number of hydrogen-bond acceptors (Lipinski definition) is 3. The van der Waals surface area contributed by atoms with Gasteiger partial charge in [0.05, 0.1) is 10.2 Å². The predicted molar refractivity (Wildman–Crippen MR) is 83.3 cm³/mol. The van der Waals surface area contributed by atoms with E-state index < -0.39 is 5.82 Å². The normalized spacial score (nSPS) is 16.4. The molecule has 3 nitrogen and oxygen atoms in total. The maximum Gasteiger partial charge on any atom is 0.156 e. The smallest absolute Gasteiger partial charge is 0.156 e. The van der Waals surface area contributed by atoms with Crippen LogP contribution in [-0.2, 0) is 6.42 Å². The van der Waals surface area contributed by atoms with Gasteiger partial charge in [0.1, 0.15) is 24.3 Å². The lowest BCUT2D eigenvalue weighted by Crippen LogP contribution is -2.22. The molecule has 1 heterocycles. The molecule has 0 saturated carbocycles. The average Bonchev–Trinajstić information content (AvgIpc) is 2.79. The Hall–Kier alpha value is -1.75. The number of aryl methyl sites for hydroxylation is 1. The van der Waals surface area contributed by atoms with Crippen LogP contribution in [0.2, 0.25) is 0 Å². The van der Waals surface area contributed by atoms with Gasteiger partial charge < -0.3 is 15.2 Å². The minimum atomic E-state index is -0.397. The van der Waals surface area contributed by atoms with Gasteiger partial charge in [-0.05, 0) is 40.5 Å². The van der Waals surface area contributed by atoms with E-state index in [2.05, 4.69) is 28.9 Å². The maximum absolute atomic E-state index is 13.2. The topological polar surface area (TPSA) is 44.5 Å². The van der Waals surface area contributed by atoms with E-state index >= 15 is 0 Å². The van der Waals surface area contributed by atoms with Crippen LogP contribution in [0.15, 0.2) is 34.8 Å². The number of rotatable bonds is 3. The Morgan fingerprint density at radius 1 is 1.38 bits per heavy atom. The predicted octanol–water partition coefficient (Wildman–Crippen LogP) is 3.86. The molecule has 1 aliphatic rings. The van der Waals surface area contributed by atoms with E-state index in [0.717, 1.165) is 12.2 Å². The molecule has 2 aromatic carbocycles. The third kappa shape index (κ3) is 2.97. The molecule has 0 saturated heterocycles. The van der Waals surface area contributed by atoms with Crippen LogP contribution in [0, 0.1) is 12.7 Å². The summed E-state index contributed by atoms with van der Waals surface area (Å²) in [5, 5.41) is 0. The molecule has 0 aromatic heterocycles. The standard InChI is InChI=1S/C16H15BrFNO2/c1-9-2-3-15-10(4-9)5-12(21-15)8-20-16-13(17)6-11(18)7-14(16)19/h2-4,6-7,12H,5,8,19H2,1H3. The quantitative estimate of drug-likeness (QED) is 0.854. The summed E-state index contributed by atoms with van der Waals surface area (Å²) in [5.74, 6) is 0.958. The summed E-state index contributed by atoms with van der Waals surface area (Å²) in [6.45, 7) is 2.42. The van der Waals surface area contributed by atoms with Gasteiger partial charge in [0.15, 0.2) is 5.75 Å². The van der Waals surface area contributed by atoms with E-state index in [-0.39, 0.29) is 11.8 Å². The molecule has 1 unspecified atom stereocenters. The molecular weight excluding hydrogens is 337 g/mol. The fourth-order valence-corrected chi connectivity index (χ4v) is 3.01. The lowest BCUT2D eigenvalue weighted by Gasteiger charge is -2.15. The van der Waals surface area contributed by atoms with E-state index in [1.807, 2.05) is 12.1 Å². The molecule has 110 valence electrons. The molecule has 0 radical (unpaired) electrons. The largest absolute Gasteiger partial charge is 0.486 e. The molecule has 2 N–H and O–H groups in total. The molecule has 2 aromatic rings. The highest BCUT2D eigenvalue weighted by molar-refractivity contribution is 9.10. The Balaban J connectivity index is 1.68. The Kier molecular flexibility index (Phi) is 3.76. The van der Waals surface area contributed by atoms with Crippen molar-refractivity contribution < 1.29 is 13.9 Å². The van der Waals surface area contributed by atoms with Gasteiger partial charge in [-0.1, -0.05) is 17.7 Å². The Bertz CT molecular complexity index is 667. The lowest BCUT2D eigenvalue weighted by atomic mass is 10.1. The SMILES string of the molecule is Cc1ccc2c(c1)CC(COc1c(N)cc(F)cc1Br)O2. The van der Waals surface area contributed by atoms with Crippen LogP contribution in [0.5, 0.6) is 11.5 Å². The number of nitrogen functional groups attached to an aromatic ring is 1. The number of halogens is 2. The first-order valence-electron chi connectivity index (χ1n) is 6.66. The van der Waals surface area contributed by atoms with Crippen LogP contribution in [0.1, 0.15) is 11.1 Å². The van der Waals surface area contributed by atoms with Crippen molar-refractivity contribution in [2.24, 2.45) is 0 Å². The highest BCUT2D eigenvalue weighted by Crippen LogP contribution is 2.34. The third-order valence-electron chi connectivity index (χ3n) is 3.41. The van der Waals surface area contributed by atoms with Crippen LogP contribution >= 0.6 is 15.9 Å². The zero-order valence-electron chi connectivity index (χ0n) is 11.5. The highest BCUT2D eigenvalue weighted by atomic mass is 79.9. The summed E-state index contributed by atoms with van der Waals surface area (Å²) in [6, 6.07) is 8.70. The molecule has 21 heavy (non-hydrogen) atoms. The van der Waals surface area contributed by atoms with Crippen molar-refractivity contribution in [2.75, 3.05) is 12.3 Å². The molecule has 0 fully saturated rings. The van der Waals surface area contributed by atoms with Gasteiger partial charge in [-0.2, -0.15) is 0 Å². The zero-order valence-corrected chi connectivity index (χ0v) is 13.1. The fourth-order valence-electron chi connectivity index (χ4n) is 2.45. The molecule has 0 amide bonds. The van der Waals surface area contributed by atoms with Crippen LogP contribution in [0.25, 0.3) is 0 Å². The highest BCUT2D eigenvalue weighted by Gasteiger charge is 2.24. The van der Waals surface area contributed by atoms with Crippen molar-refractivity contribution in [3.63, 3.8) is 0 Å². The molecule has 0 aliphatic carbocycles. The van der Waals surface area contributed by atoms with Gasteiger partial charge >= 0.3 is 0 Å². The first-order chi connectivity index (χ1) is 10.0. The molecule has 0 bridgehead atoms. The lowest BCUT2D eigenvalue weighted by molar-refractivity contribution is 0.148. The van der Waals surface area contributed by atoms with E-state index in [1.54, 1.807) is 0 Å². The number of ether oxygens (including phenoxy) is 2. The monoisotopic (exact) mass is 351 g/mol. The van der Waals surface area contributed by atoms with E-state index in [1.165, 1.54) is 23.3 Å². The van der Waals surface area contributed by atoms with Crippen LogP contribution in [0.4, 0.5) is 10.1 Å². The van der Waals surface area contributed by atoms with Gasteiger partial charge in [-0.3, -0.25) is 0 Å². The summed E-state index contributed by atoms with van der Waals surface area (Å²) in [4.78, 5) is 0. The Morgan fingerprint density at radius 2 is 2.19 bits per heavy atom. The van der Waals surface area contributed by atoms with Crippen molar-refractivity contribution in [1.29, 1.82) is 0 Å². The molecule has 5 heteroatoms. The number of nitrogens with two attached hydrogens (primary N) is 1. The second-order valence-electron chi connectivity index (χ2n) is 5.17. The summed E-state index contributed by atoms with van der Waals surface area (Å²) < 4.78 is 25.2. The maximum atomic E-state index is 13.2. The zero-order chi connectivity index (χ0) is 15.0. The van der Waals surface area contributed by atoms with E-state index in [9.17, 15) is 4.39 Å². The third-order valence-corrected chi connectivity index (χ3v) is 4.00. The second-order valence-corrected chi connectivity index (χ2v) is 6.03. The minimum absolute atomic E-state index is 0.0573. The van der Waals surface area contributed by atoms with Crippen molar-refractivity contribution in [2.45, 2.75) is 19.4 Å². The summed E-state index contributed by atoms with van der Waals surface area (Å²) >= 11 is 3.26. The van der Waals surface area contributed by atoms with Crippen LogP contribution in [0.3, 0.4) is 0 Å². The first kappa shape index (κ1) is 14.2. The Labute approximate surface area is 131 Å². The molecule has 1 aliphatic heterocycles. The number of anilines is 1. The molecule has 1 atom stereocenters. The summed E-state index contributed by atoms with van der Waals surface area (Å²) in [6.07, 6.45) is 0.744. The minimum Gasteiger partial charge on any atom is -0.486 e. The Morgan fingerprint density at radius 3 is 2.95 bits per heavy atom. The van der Waals surface area contributed by atoms with Crippen molar-refractivity contribution >= 4 is 21.6 Å². The first-order valence-corrected chi connectivity index (χ1v) is 7.46. The molecular formula is C16H15BrFNO2. The van der Waals surface area contributed by atoms with E-state index in [4.69, 9.17) is 15.2 Å². The van der Waals surface area contributed by atoms with Crippen molar-refractivity contribution in [3.05, 3.63) is 51.7 Å². The second kappa shape index (κ2) is 5.56. The fraction of sp³-hybridized carbons (Fsp3) is 0.250. The van der Waals surface area contributed by atoms with Crippen LogP contribution < -0.4 is 15.2 Å². The van der Waals surface area contributed by atoms with Crippen molar-refractivity contribution in [3.8, 4) is 11.5 Å². The van der Waals surface area contributed by atoms with Gasteiger partial charge in [0, 0.05) is 12.5 Å². The average molecular weight is 352 g/mol. The molecule has 0 spiro atoms. The number of hydrogen-bond donors (Lipinski definition) is 1. The summed E-state index contributed by atoms with van der Waals surface area (Å²) in [5.41, 5.74) is 8.45. The van der Waals surface area contributed by atoms with Gasteiger partial charge in [0.2, 0.25) is 0 Å². The number of fused-ring (bicyclic) bond motifs is 1. The molecule has 3 rings (SSSR count). The van der Waals surface area contributed by atoms with Gasteiger partial charge in [0.25, 0.3) is 0 Å². The van der Waals surface area contributed by atoms with E-state index in [0.29, 0.717) is 16.8 Å². The summed E-state index contributed by atoms with van der Waals surface area (Å²) in [7, 11) is 0. The van der Waals surface area contributed by atoms with Gasteiger partial charge in [-0.25, -0.2) is 4.39 Å². The van der Waals surface area contributed by atoms with Crippen molar-refractivity contribution in [1.82, 2.24) is 0 Å². The number of benzene rings is 2.